The first kappa shape index (κ1) is 14.6. The summed E-state index contributed by atoms with van der Waals surface area (Å²) in [6.07, 6.45) is 3.51. The van der Waals surface area contributed by atoms with E-state index in [0.717, 1.165) is 18.5 Å². The molecule has 0 aliphatic rings. The van der Waals surface area contributed by atoms with Gasteiger partial charge in [0.2, 0.25) is 11.7 Å². The highest BCUT2D eigenvalue weighted by Crippen LogP contribution is 2.20. The Balaban J connectivity index is 2.03. The van der Waals surface area contributed by atoms with Gasteiger partial charge in [-0.15, -0.1) is 5.10 Å². The molecule has 0 aromatic carbocycles. The van der Waals surface area contributed by atoms with Crippen LogP contribution in [0, 0.1) is 0 Å². The van der Waals surface area contributed by atoms with Crippen LogP contribution in [0.25, 0.3) is 0 Å². The third kappa shape index (κ3) is 3.61. The Hall–Kier alpha value is -1.80. The minimum Gasteiger partial charge on any atom is -0.370 e. The van der Waals surface area contributed by atoms with Gasteiger partial charge in [0, 0.05) is 13.2 Å². The molecule has 0 spiro atoms. The van der Waals surface area contributed by atoms with Crippen molar-refractivity contribution in [1.29, 1.82) is 0 Å². The van der Waals surface area contributed by atoms with E-state index in [1.54, 1.807) is 10.9 Å². The van der Waals surface area contributed by atoms with Crippen molar-refractivity contribution in [2.45, 2.75) is 45.9 Å². The molecule has 0 aliphatic carbocycles. The van der Waals surface area contributed by atoms with E-state index in [0.29, 0.717) is 31.4 Å². The summed E-state index contributed by atoms with van der Waals surface area (Å²) < 4.78 is 12.5. The summed E-state index contributed by atoms with van der Waals surface area (Å²) in [5.41, 5.74) is 6.21. The summed E-state index contributed by atoms with van der Waals surface area (Å²) in [4.78, 5) is 4.36. The lowest BCUT2D eigenvalue weighted by molar-refractivity contribution is 0.0477. The molecule has 8 nitrogen and oxygen atoms in total. The van der Waals surface area contributed by atoms with Crippen LogP contribution in [0.3, 0.4) is 0 Å². The fourth-order valence-electron chi connectivity index (χ4n) is 1.86. The number of aromatic nitrogens is 5. The maximum absolute atomic E-state index is 5.62. The van der Waals surface area contributed by atoms with Gasteiger partial charge in [-0.3, -0.25) is 0 Å². The molecule has 2 aromatic heterocycles. The minimum absolute atomic E-state index is 0.113. The molecule has 2 rings (SSSR count). The molecule has 2 N–H and O–H groups in total. The monoisotopic (exact) mass is 280 g/mol. The summed E-state index contributed by atoms with van der Waals surface area (Å²) in [6.45, 7) is 5.41. The molecule has 0 amide bonds. The molecule has 2 aromatic rings. The van der Waals surface area contributed by atoms with E-state index < -0.39 is 0 Å². The SMILES string of the molecule is CCCC(OCC)c1noc(Cn2cc(CN)nn2)n1. The Morgan fingerprint density at radius 3 is 2.95 bits per heavy atom. The van der Waals surface area contributed by atoms with Crippen LogP contribution in [0.5, 0.6) is 0 Å². The second kappa shape index (κ2) is 7.11. The van der Waals surface area contributed by atoms with E-state index in [-0.39, 0.29) is 6.10 Å². The highest BCUT2D eigenvalue weighted by Gasteiger charge is 2.18. The van der Waals surface area contributed by atoms with Crippen molar-refractivity contribution in [2.75, 3.05) is 6.61 Å². The largest absolute Gasteiger partial charge is 0.370 e. The van der Waals surface area contributed by atoms with Crippen molar-refractivity contribution < 1.29 is 9.26 Å². The standard InChI is InChI=1S/C12H20N6O2/c1-3-5-10(19-4-2)12-14-11(20-16-12)8-18-7-9(6-13)15-17-18/h7,10H,3-6,8,13H2,1-2H3. The molecule has 0 saturated heterocycles. The zero-order valence-corrected chi connectivity index (χ0v) is 11.8. The smallest absolute Gasteiger partial charge is 0.248 e. The first-order valence-electron chi connectivity index (χ1n) is 6.80. The van der Waals surface area contributed by atoms with Gasteiger partial charge in [-0.05, 0) is 13.3 Å². The van der Waals surface area contributed by atoms with Crippen molar-refractivity contribution in [2.24, 2.45) is 5.73 Å². The van der Waals surface area contributed by atoms with Crippen LogP contribution >= 0.6 is 0 Å². The molecule has 0 bridgehead atoms. The summed E-state index contributed by atoms with van der Waals surface area (Å²) in [5.74, 6) is 1.07. The van der Waals surface area contributed by atoms with E-state index in [9.17, 15) is 0 Å². The zero-order valence-electron chi connectivity index (χ0n) is 11.8. The van der Waals surface area contributed by atoms with E-state index >= 15 is 0 Å². The van der Waals surface area contributed by atoms with E-state index in [4.69, 9.17) is 15.0 Å². The van der Waals surface area contributed by atoms with Gasteiger partial charge in [0.15, 0.2) is 0 Å². The Labute approximate surface area is 117 Å². The summed E-state index contributed by atoms with van der Waals surface area (Å²) in [5, 5.41) is 11.8. The number of hydrogen-bond acceptors (Lipinski definition) is 7. The Morgan fingerprint density at radius 1 is 1.45 bits per heavy atom. The quantitative estimate of drug-likeness (QED) is 0.770. The van der Waals surface area contributed by atoms with Crippen LogP contribution in [0.2, 0.25) is 0 Å². The van der Waals surface area contributed by atoms with Crippen LogP contribution in [0.1, 0.15) is 50.2 Å². The van der Waals surface area contributed by atoms with Crippen LogP contribution in [-0.2, 0) is 17.8 Å². The lowest BCUT2D eigenvalue weighted by atomic mass is 10.2. The maximum atomic E-state index is 5.62. The van der Waals surface area contributed by atoms with Crippen molar-refractivity contribution in [3.8, 4) is 0 Å². The van der Waals surface area contributed by atoms with Gasteiger partial charge in [-0.1, -0.05) is 23.7 Å². The first-order valence-corrected chi connectivity index (χ1v) is 6.80. The van der Waals surface area contributed by atoms with Gasteiger partial charge < -0.3 is 15.0 Å². The first-order chi connectivity index (χ1) is 9.76. The van der Waals surface area contributed by atoms with E-state index in [1.165, 1.54) is 0 Å². The fourth-order valence-corrected chi connectivity index (χ4v) is 1.86. The van der Waals surface area contributed by atoms with E-state index in [2.05, 4.69) is 27.4 Å². The molecule has 1 unspecified atom stereocenters. The van der Waals surface area contributed by atoms with Crippen molar-refractivity contribution in [3.05, 3.63) is 23.6 Å². The van der Waals surface area contributed by atoms with Gasteiger partial charge in [-0.25, -0.2) is 4.68 Å². The van der Waals surface area contributed by atoms with Crippen LogP contribution in [-0.4, -0.2) is 31.7 Å². The average molecular weight is 280 g/mol. The van der Waals surface area contributed by atoms with Gasteiger partial charge in [-0.2, -0.15) is 4.98 Å². The lowest BCUT2D eigenvalue weighted by Gasteiger charge is -2.11. The second-order valence-electron chi connectivity index (χ2n) is 4.39. The third-order valence-electron chi connectivity index (χ3n) is 2.78. The predicted molar refractivity (Wildman–Crippen MR) is 70.6 cm³/mol. The Kier molecular flexibility index (Phi) is 5.19. The lowest BCUT2D eigenvalue weighted by Crippen LogP contribution is -2.07. The van der Waals surface area contributed by atoms with E-state index in [1.807, 2.05) is 6.92 Å². The van der Waals surface area contributed by atoms with Gasteiger partial charge in [0.1, 0.15) is 12.6 Å². The second-order valence-corrected chi connectivity index (χ2v) is 4.39. The highest BCUT2D eigenvalue weighted by atomic mass is 16.5. The highest BCUT2D eigenvalue weighted by molar-refractivity contribution is 4.95. The molecule has 0 radical (unpaired) electrons. The summed E-state index contributed by atoms with van der Waals surface area (Å²) in [7, 11) is 0. The fraction of sp³-hybridized carbons (Fsp3) is 0.667. The van der Waals surface area contributed by atoms with Crippen molar-refractivity contribution in [1.82, 2.24) is 25.1 Å². The topological polar surface area (TPSA) is 105 Å². The third-order valence-corrected chi connectivity index (χ3v) is 2.78. The van der Waals surface area contributed by atoms with Crippen LogP contribution in [0.15, 0.2) is 10.7 Å². The number of ether oxygens (including phenoxy) is 1. The zero-order chi connectivity index (χ0) is 14.4. The Bertz CT molecular complexity index is 518. The number of rotatable bonds is 8. The normalized spacial score (nSPS) is 12.8. The number of nitrogens with two attached hydrogens (primary N) is 1. The van der Waals surface area contributed by atoms with Crippen LogP contribution < -0.4 is 5.73 Å². The number of nitrogens with zero attached hydrogens (tertiary/aromatic N) is 5. The van der Waals surface area contributed by atoms with Crippen molar-refractivity contribution >= 4 is 0 Å². The molecule has 0 aliphatic heterocycles. The van der Waals surface area contributed by atoms with Gasteiger partial charge in [0.25, 0.3) is 0 Å². The van der Waals surface area contributed by atoms with Crippen LogP contribution in [0.4, 0.5) is 0 Å². The van der Waals surface area contributed by atoms with Gasteiger partial charge in [0.05, 0.1) is 11.9 Å². The molecule has 0 saturated carbocycles. The molecular formula is C12H20N6O2. The van der Waals surface area contributed by atoms with Gasteiger partial charge >= 0.3 is 0 Å². The molecular weight excluding hydrogens is 260 g/mol. The predicted octanol–water partition coefficient (Wildman–Crippen LogP) is 1.05. The maximum Gasteiger partial charge on any atom is 0.248 e. The molecule has 0 fully saturated rings. The molecule has 1 atom stereocenters. The summed E-state index contributed by atoms with van der Waals surface area (Å²) >= 11 is 0. The summed E-state index contributed by atoms with van der Waals surface area (Å²) in [6, 6.07) is 0. The average Bonchev–Trinajstić information content (AvgIpc) is 3.08. The van der Waals surface area contributed by atoms with Crippen molar-refractivity contribution in [3.63, 3.8) is 0 Å². The molecule has 8 heteroatoms. The molecule has 110 valence electrons. The minimum atomic E-state index is -0.113. The molecule has 2 heterocycles. The number of hydrogen-bond donors (Lipinski definition) is 1. The Morgan fingerprint density at radius 2 is 2.30 bits per heavy atom. The molecule has 20 heavy (non-hydrogen) atoms.